The van der Waals surface area contributed by atoms with Crippen LogP contribution in [0.1, 0.15) is 12.1 Å². The zero-order chi connectivity index (χ0) is 12.9. The van der Waals surface area contributed by atoms with Gasteiger partial charge in [0.1, 0.15) is 0 Å². The van der Waals surface area contributed by atoms with Crippen molar-refractivity contribution in [2.24, 2.45) is 7.05 Å². The number of nitrogens with zero attached hydrogens (tertiary/aromatic N) is 3. The van der Waals surface area contributed by atoms with E-state index in [2.05, 4.69) is 17.7 Å². The highest BCUT2D eigenvalue weighted by Crippen LogP contribution is 2.28. The second-order valence-corrected chi connectivity index (χ2v) is 5.50. The van der Waals surface area contributed by atoms with Gasteiger partial charge in [-0.05, 0) is 25.1 Å². The second kappa shape index (κ2) is 4.02. The summed E-state index contributed by atoms with van der Waals surface area (Å²) in [4.78, 5) is 13.6. The molecule has 0 spiro atoms. The lowest BCUT2D eigenvalue weighted by Crippen LogP contribution is -2.24. The number of carbonyl (C=O) groups is 1. The van der Waals surface area contributed by atoms with Crippen LogP contribution in [0, 0.1) is 6.92 Å². The number of aryl methyl sites for hydroxylation is 2. The molecule has 1 aromatic carbocycles. The molecule has 1 unspecified atom stereocenters. The first-order valence-electron chi connectivity index (χ1n) is 5.98. The molecule has 1 amide bonds. The first-order valence-corrected chi connectivity index (χ1v) is 6.49. The number of hydrogen-bond donors (Lipinski definition) is 1. The molecular weight excluding hydrogens is 246 g/mol. The van der Waals surface area contributed by atoms with E-state index in [9.17, 15) is 4.79 Å². The molecule has 1 atom stereocenters. The van der Waals surface area contributed by atoms with E-state index in [1.807, 2.05) is 36.9 Å². The molecule has 1 aliphatic heterocycles. The molecule has 0 N–H and O–H groups in total. The SMILES string of the molecule is Cc1c2ccc(N3CC(S)CC3=O)cc2nn1C. The summed E-state index contributed by atoms with van der Waals surface area (Å²) >= 11 is 4.37. The van der Waals surface area contributed by atoms with Crippen LogP contribution >= 0.6 is 12.6 Å². The predicted molar refractivity (Wildman–Crippen MR) is 75.2 cm³/mol. The molecule has 18 heavy (non-hydrogen) atoms. The Morgan fingerprint density at radius 1 is 1.44 bits per heavy atom. The number of amides is 1. The fourth-order valence-electron chi connectivity index (χ4n) is 2.43. The first kappa shape index (κ1) is 11.6. The third kappa shape index (κ3) is 1.70. The second-order valence-electron chi connectivity index (χ2n) is 4.77. The van der Waals surface area contributed by atoms with Crippen molar-refractivity contribution in [3.8, 4) is 0 Å². The van der Waals surface area contributed by atoms with E-state index in [1.165, 1.54) is 0 Å². The number of thiol groups is 1. The van der Waals surface area contributed by atoms with Gasteiger partial charge in [-0.25, -0.2) is 0 Å². The maximum absolute atomic E-state index is 11.8. The van der Waals surface area contributed by atoms with E-state index in [1.54, 1.807) is 4.90 Å². The molecule has 1 fully saturated rings. The molecule has 0 saturated carbocycles. The lowest BCUT2D eigenvalue weighted by Gasteiger charge is -2.15. The van der Waals surface area contributed by atoms with Gasteiger partial charge in [-0.1, -0.05) is 0 Å². The number of benzene rings is 1. The monoisotopic (exact) mass is 261 g/mol. The third-order valence-electron chi connectivity index (χ3n) is 3.53. The zero-order valence-corrected chi connectivity index (χ0v) is 11.3. The smallest absolute Gasteiger partial charge is 0.228 e. The van der Waals surface area contributed by atoms with Crippen LogP contribution in [0.25, 0.3) is 10.9 Å². The molecule has 2 heterocycles. The minimum Gasteiger partial charge on any atom is -0.311 e. The van der Waals surface area contributed by atoms with Gasteiger partial charge in [-0.3, -0.25) is 9.48 Å². The van der Waals surface area contributed by atoms with E-state index < -0.39 is 0 Å². The molecule has 5 heteroatoms. The van der Waals surface area contributed by atoms with Crippen molar-refractivity contribution in [2.75, 3.05) is 11.4 Å². The summed E-state index contributed by atoms with van der Waals surface area (Å²) in [7, 11) is 1.93. The number of carbonyl (C=O) groups excluding carboxylic acids is 1. The van der Waals surface area contributed by atoms with Gasteiger partial charge in [-0.15, -0.1) is 0 Å². The average molecular weight is 261 g/mol. The van der Waals surface area contributed by atoms with Gasteiger partial charge < -0.3 is 4.90 Å². The largest absolute Gasteiger partial charge is 0.311 e. The Balaban J connectivity index is 2.06. The van der Waals surface area contributed by atoms with Gasteiger partial charge in [0.2, 0.25) is 5.91 Å². The Labute approximate surface area is 111 Å². The van der Waals surface area contributed by atoms with Crippen LogP contribution in [-0.2, 0) is 11.8 Å². The van der Waals surface area contributed by atoms with Gasteiger partial charge in [0, 0.05) is 42.0 Å². The minimum atomic E-state index is 0.138. The van der Waals surface area contributed by atoms with Gasteiger partial charge in [0.05, 0.1) is 5.52 Å². The van der Waals surface area contributed by atoms with E-state index >= 15 is 0 Å². The number of aromatic nitrogens is 2. The molecule has 1 saturated heterocycles. The third-order valence-corrected chi connectivity index (χ3v) is 3.88. The van der Waals surface area contributed by atoms with Gasteiger partial charge in [0.15, 0.2) is 0 Å². The Morgan fingerprint density at radius 3 is 2.89 bits per heavy atom. The quantitative estimate of drug-likeness (QED) is 0.796. The summed E-state index contributed by atoms with van der Waals surface area (Å²) in [5.74, 6) is 0.141. The highest BCUT2D eigenvalue weighted by atomic mass is 32.1. The predicted octanol–water partition coefficient (Wildman–Crippen LogP) is 1.92. The van der Waals surface area contributed by atoms with Crippen LogP contribution in [0.15, 0.2) is 18.2 Å². The van der Waals surface area contributed by atoms with Crippen LogP contribution in [0.4, 0.5) is 5.69 Å². The molecule has 0 aliphatic carbocycles. The van der Waals surface area contributed by atoms with Crippen molar-refractivity contribution < 1.29 is 4.79 Å². The van der Waals surface area contributed by atoms with Gasteiger partial charge in [0.25, 0.3) is 0 Å². The zero-order valence-electron chi connectivity index (χ0n) is 10.4. The molecule has 0 bridgehead atoms. The van der Waals surface area contributed by atoms with Gasteiger partial charge in [-0.2, -0.15) is 17.7 Å². The van der Waals surface area contributed by atoms with Crippen molar-refractivity contribution in [1.29, 1.82) is 0 Å². The summed E-state index contributed by atoms with van der Waals surface area (Å²) in [5.41, 5.74) is 2.99. The average Bonchev–Trinajstić information content (AvgIpc) is 2.80. The van der Waals surface area contributed by atoms with Crippen molar-refractivity contribution in [3.63, 3.8) is 0 Å². The van der Waals surface area contributed by atoms with Crippen molar-refractivity contribution in [2.45, 2.75) is 18.6 Å². The Kier molecular flexibility index (Phi) is 2.59. The van der Waals surface area contributed by atoms with E-state index in [-0.39, 0.29) is 11.2 Å². The highest BCUT2D eigenvalue weighted by Gasteiger charge is 2.28. The summed E-state index contributed by atoms with van der Waals surface area (Å²) in [5, 5.41) is 5.72. The molecule has 1 aliphatic rings. The maximum atomic E-state index is 11.8. The van der Waals surface area contributed by atoms with Crippen LogP contribution < -0.4 is 4.90 Å². The number of rotatable bonds is 1. The van der Waals surface area contributed by atoms with Crippen LogP contribution in [-0.4, -0.2) is 27.5 Å². The topological polar surface area (TPSA) is 38.1 Å². The Morgan fingerprint density at radius 2 is 2.22 bits per heavy atom. The Bertz CT molecular complexity index is 634. The molecule has 0 radical (unpaired) electrons. The van der Waals surface area contributed by atoms with E-state index in [0.717, 1.165) is 22.3 Å². The van der Waals surface area contributed by atoms with Crippen molar-refractivity contribution in [1.82, 2.24) is 9.78 Å². The molecular formula is C13H15N3OS. The summed E-state index contributed by atoms with van der Waals surface area (Å²) in [6, 6.07) is 6.00. The summed E-state index contributed by atoms with van der Waals surface area (Å²) < 4.78 is 1.86. The van der Waals surface area contributed by atoms with Gasteiger partial charge >= 0.3 is 0 Å². The molecule has 2 aromatic rings. The van der Waals surface area contributed by atoms with Crippen LogP contribution in [0.3, 0.4) is 0 Å². The molecule has 94 valence electrons. The summed E-state index contributed by atoms with van der Waals surface area (Å²) in [6.07, 6.45) is 0.516. The lowest BCUT2D eigenvalue weighted by molar-refractivity contribution is -0.117. The van der Waals surface area contributed by atoms with Crippen molar-refractivity contribution in [3.05, 3.63) is 23.9 Å². The maximum Gasteiger partial charge on any atom is 0.228 e. The fourth-order valence-corrected chi connectivity index (χ4v) is 2.75. The van der Waals surface area contributed by atoms with E-state index in [0.29, 0.717) is 13.0 Å². The number of anilines is 1. The van der Waals surface area contributed by atoms with Crippen LogP contribution in [0.2, 0.25) is 0 Å². The first-order chi connectivity index (χ1) is 8.56. The van der Waals surface area contributed by atoms with Crippen LogP contribution in [0.5, 0.6) is 0 Å². The Hall–Kier alpha value is -1.49. The normalized spacial score (nSPS) is 20.1. The molecule has 1 aromatic heterocycles. The highest BCUT2D eigenvalue weighted by molar-refractivity contribution is 7.81. The molecule has 4 nitrogen and oxygen atoms in total. The lowest BCUT2D eigenvalue weighted by atomic mass is 10.2. The fraction of sp³-hybridized carbons (Fsp3) is 0.385. The minimum absolute atomic E-state index is 0.138. The van der Waals surface area contributed by atoms with E-state index in [4.69, 9.17) is 0 Å². The number of fused-ring (bicyclic) bond motifs is 1. The number of hydrogen-bond acceptors (Lipinski definition) is 3. The summed E-state index contributed by atoms with van der Waals surface area (Å²) in [6.45, 7) is 2.72. The van der Waals surface area contributed by atoms with Crippen molar-refractivity contribution >= 4 is 35.1 Å². The molecule has 3 rings (SSSR count). The standard InChI is InChI=1S/C13H15N3OS/c1-8-11-4-3-9(5-12(11)14-15(8)2)16-7-10(18)6-13(16)17/h3-5,10,18H,6-7H2,1-2H3.